The molecule has 13 heavy (non-hydrogen) atoms. The van der Waals surface area contributed by atoms with Crippen LogP contribution in [0.5, 0.6) is 0 Å². The van der Waals surface area contributed by atoms with Gasteiger partial charge in [0.2, 0.25) is 0 Å². The highest BCUT2D eigenvalue weighted by Crippen LogP contribution is 2.02. The van der Waals surface area contributed by atoms with E-state index in [1.165, 1.54) is 0 Å². The Labute approximate surface area is 86.3 Å². The molecule has 7 heteroatoms. The normalized spacial score (nSPS) is 15.4. The minimum atomic E-state index is -1.16. The molecule has 0 aliphatic heterocycles. The zero-order valence-electron chi connectivity index (χ0n) is 7.98. The quantitative estimate of drug-likeness (QED) is 0.498. The Hall–Kier alpha value is -0.349. The lowest BCUT2D eigenvalue weighted by Crippen LogP contribution is -2.20. The summed E-state index contributed by atoms with van der Waals surface area (Å²) in [5, 5.41) is 0. The number of hydrogen-bond acceptors (Lipinski definition) is 4. The first kappa shape index (κ1) is 12.7. The maximum atomic E-state index is 5.67. The fraction of sp³-hybridized carbons (Fsp3) is 0.333. The Morgan fingerprint density at radius 1 is 1.23 bits per heavy atom. The largest absolute Gasteiger partial charge is 0.449 e. The van der Waals surface area contributed by atoms with E-state index < -0.39 is 19.0 Å². The molecular formula is C6H18N2O2Si3. The van der Waals surface area contributed by atoms with E-state index in [2.05, 4.69) is 0 Å². The third kappa shape index (κ3) is 7.99. The number of allylic oxidation sites excluding steroid dienone is 2. The minimum absolute atomic E-state index is 0.708. The highest BCUT2D eigenvalue weighted by atomic mass is 28.4. The van der Waals surface area contributed by atoms with Crippen LogP contribution in [-0.2, 0) is 8.23 Å². The van der Waals surface area contributed by atoms with Gasteiger partial charge in [-0.1, -0.05) is 12.2 Å². The summed E-state index contributed by atoms with van der Waals surface area (Å²) >= 11 is 0. The van der Waals surface area contributed by atoms with Crippen LogP contribution in [0.3, 0.4) is 0 Å². The van der Waals surface area contributed by atoms with Gasteiger partial charge in [-0.25, -0.2) is 0 Å². The van der Waals surface area contributed by atoms with Crippen molar-refractivity contribution < 1.29 is 8.23 Å². The van der Waals surface area contributed by atoms with Gasteiger partial charge in [-0.05, 0) is 24.5 Å². The van der Waals surface area contributed by atoms with Crippen LogP contribution in [0.2, 0.25) is 12.1 Å². The molecule has 0 saturated heterocycles. The van der Waals surface area contributed by atoms with E-state index in [0.717, 1.165) is 22.6 Å². The van der Waals surface area contributed by atoms with Gasteiger partial charge in [0.25, 0.3) is 10.0 Å². The zero-order valence-corrected chi connectivity index (χ0v) is 12.5. The number of hydrogen-bond donors (Lipinski definition) is 2. The van der Waals surface area contributed by atoms with Gasteiger partial charge in [0.15, 0.2) is 9.04 Å². The lowest BCUT2D eigenvalue weighted by Gasteiger charge is -2.11. The summed E-state index contributed by atoms with van der Waals surface area (Å²) in [6.45, 7) is 0. The minimum Gasteiger partial charge on any atom is -0.449 e. The van der Waals surface area contributed by atoms with Crippen LogP contribution in [0.25, 0.3) is 0 Å². The second-order valence-electron chi connectivity index (χ2n) is 2.52. The van der Waals surface area contributed by atoms with Crippen molar-refractivity contribution in [1.82, 2.24) is 0 Å². The van der Waals surface area contributed by atoms with Crippen LogP contribution in [-0.4, -0.2) is 29.5 Å². The Morgan fingerprint density at radius 3 is 2.15 bits per heavy atom. The van der Waals surface area contributed by atoms with Crippen molar-refractivity contribution in [2.45, 2.75) is 12.1 Å². The second-order valence-corrected chi connectivity index (χ2v) is 8.59. The second kappa shape index (κ2) is 9.74. The molecule has 76 valence electrons. The van der Waals surface area contributed by atoms with E-state index in [1.54, 1.807) is 12.4 Å². The van der Waals surface area contributed by atoms with E-state index >= 15 is 0 Å². The van der Waals surface area contributed by atoms with Gasteiger partial charge in [0.1, 0.15) is 10.5 Å². The Bertz CT molecular complexity index is 152. The molecule has 0 amide bonds. The third-order valence-corrected chi connectivity index (χ3v) is 6.46. The molecule has 0 spiro atoms. The van der Waals surface area contributed by atoms with Crippen molar-refractivity contribution in [3.05, 3.63) is 24.6 Å². The average Bonchev–Trinajstić information content (AvgIpc) is 2.17. The Balaban J connectivity index is 3.72. The summed E-state index contributed by atoms with van der Waals surface area (Å²) < 4.78 is 10.8. The molecule has 0 atom stereocenters. The molecule has 0 heterocycles. The van der Waals surface area contributed by atoms with Crippen LogP contribution in [0.1, 0.15) is 0 Å². The van der Waals surface area contributed by atoms with E-state index in [9.17, 15) is 0 Å². The van der Waals surface area contributed by atoms with Gasteiger partial charge in [0.05, 0.1) is 0 Å². The van der Waals surface area contributed by atoms with E-state index in [0.29, 0.717) is 0 Å². The first-order chi connectivity index (χ1) is 6.35. The fourth-order valence-electron chi connectivity index (χ4n) is 0.857. The highest BCUT2D eigenvalue weighted by molar-refractivity contribution is 6.58. The van der Waals surface area contributed by atoms with Gasteiger partial charge < -0.3 is 19.7 Å². The monoisotopic (exact) mass is 234 g/mol. The predicted octanol–water partition coefficient (Wildman–Crippen LogP) is -2.03. The summed E-state index contributed by atoms with van der Waals surface area (Å²) in [5.41, 5.74) is 10.5. The fourth-order valence-corrected chi connectivity index (χ4v) is 5.60. The summed E-state index contributed by atoms with van der Waals surface area (Å²) in [6, 6.07) is 1.91. The SMILES string of the molecule is NC=CC[SiH](CC=CN)O[SiH2]O[SiH3]. The van der Waals surface area contributed by atoms with Crippen molar-refractivity contribution >= 4 is 29.5 Å². The van der Waals surface area contributed by atoms with Crippen LogP contribution in [0, 0.1) is 0 Å². The highest BCUT2D eigenvalue weighted by Gasteiger charge is 2.07. The van der Waals surface area contributed by atoms with Gasteiger partial charge in [-0.15, -0.1) is 0 Å². The third-order valence-electron chi connectivity index (χ3n) is 1.49. The van der Waals surface area contributed by atoms with Crippen molar-refractivity contribution in [3.8, 4) is 0 Å². The molecule has 4 N–H and O–H groups in total. The summed E-state index contributed by atoms with van der Waals surface area (Å²) in [5.74, 6) is 0. The van der Waals surface area contributed by atoms with E-state index in [-0.39, 0.29) is 0 Å². The molecule has 0 rings (SSSR count). The lowest BCUT2D eigenvalue weighted by atomic mass is 10.7. The maximum Gasteiger partial charge on any atom is 0.283 e. The standard InChI is InChI=1S/C6H18N2O2Si3/c7-3-1-5-13(6-2-4-8)10-12-9-11/h1-4,13H,5-8,12H2,11H3. The molecule has 0 saturated carbocycles. The lowest BCUT2D eigenvalue weighted by molar-refractivity contribution is 0.490. The summed E-state index contributed by atoms with van der Waals surface area (Å²) in [7, 11) is -1.09. The Kier molecular flexibility index (Phi) is 9.47. The van der Waals surface area contributed by atoms with Crippen molar-refractivity contribution in [2.24, 2.45) is 11.5 Å². The van der Waals surface area contributed by atoms with Gasteiger partial charge in [0, 0.05) is 0 Å². The molecular weight excluding hydrogens is 216 g/mol. The predicted molar refractivity (Wildman–Crippen MR) is 64.1 cm³/mol. The van der Waals surface area contributed by atoms with Crippen LogP contribution >= 0.6 is 0 Å². The smallest absolute Gasteiger partial charge is 0.283 e. The Morgan fingerprint density at radius 2 is 1.77 bits per heavy atom. The first-order valence-electron chi connectivity index (χ1n) is 4.19. The molecule has 0 aliphatic rings. The van der Waals surface area contributed by atoms with E-state index in [1.807, 2.05) is 12.2 Å². The van der Waals surface area contributed by atoms with Crippen molar-refractivity contribution in [1.29, 1.82) is 0 Å². The van der Waals surface area contributed by atoms with Crippen molar-refractivity contribution in [3.63, 3.8) is 0 Å². The van der Waals surface area contributed by atoms with Crippen molar-refractivity contribution in [2.75, 3.05) is 0 Å². The zero-order chi connectivity index (χ0) is 9.94. The maximum absolute atomic E-state index is 5.67. The van der Waals surface area contributed by atoms with Gasteiger partial charge >= 0.3 is 0 Å². The van der Waals surface area contributed by atoms with Crippen LogP contribution < -0.4 is 11.5 Å². The molecule has 0 radical (unpaired) electrons. The molecule has 0 unspecified atom stereocenters. The van der Waals surface area contributed by atoms with Gasteiger partial charge in [-0.3, -0.25) is 0 Å². The van der Waals surface area contributed by atoms with E-state index in [4.69, 9.17) is 19.7 Å². The summed E-state index contributed by atoms with van der Waals surface area (Å²) in [4.78, 5) is 0. The number of nitrogens with two attached hydrogens (primary N) is 2. The molecule has 0 aromatic heterocycles. The molecule has 0 aliphatic carbocycles. The van der Waals surface area contributed by atoms with Gasteiger partial charge in [-0.2, -0.15) is 0 Å². The summed E-state index contributed by atoms with van der Waals surface area (Å²) in [6.07, 6.45) is 7.03. The van der Waals surface area contributed by atoms with Crippen LogP contribution in [0.15, 0.2) is 24.6 Å². The van der Waals surface area contributed by atoms with Crippen LogP contribution in [0.4, 0.5) is 0 Å². The molecule has 0 aromatic carbocycles. The molecule has 4 nitrogen and oxygen atoms in total. The average molecular weight is 234 g/mol. The first-order valence-corrected chi connectivity index (χ1v) is 8.26. The number of rotatable bonds is 7. The topological polar surface area (TPSA) is 70.5 Å². The molecule has 0 bridgehead atoms. The molecule has 0 fully saturated rings. The molecule has 0 aromatic rings.